The van der Waals surface area contributed by atoms with E-state index >= 15 is 0 Å². The third kappa shape index (κ3) is 4.54. The number of aryl methyl sites for hydroxylation is 2. The molecule has 0 spiro atoms. The molecule has 1 amide bonds. The number of sulfonamides is 1. The van der Waals surface area contributed by atoms with Crippen molar-refractivity contribution in [3.8, 4) is 5.75 Å². The van der Waals surface area contributed by atoms with Gasteiger partial charge in [0, 0.05) is 11.6 Å². The summed E-state index contributed by atoms with van der Waals surface area (Å²) in [6.07, 6.45) is 0. The van der Waals surface area contributed by atoms with Crippen LogP contribution in [0.1, 0.15) is 35.3 Å². The van der Waals surface area contributed by atoms with Crippen molar-refractivity contribution in [3.05, 3.63) is 53.1 Å². The van der Waals surface area contributed by atoms with Gasteiger partial charge in [0.1, 0.15) is 5.75 Å². The van der Waals surface area contributed by atoms with Crippen LogP contribution in [-0.4, -0.2) is 27.5 Å². The van der Waals surface area contributed by atoms with Gasteiger partial charge >= 0.3 is 0 Å². The number of methoxy groups -OCH3 is 1. The van der Waals surface area contributed by atoms with Gasteiger partial charge in [-0.15, -0.1) is 0 Å². The molecule has 0 fully saturated rings. The molecule has 6 nitrogen and oxygen atoms in total. The molecule has 0 saturated heterocycles. The summed E-state index contributed by atoms with van der Waals surface area (Å²) in [6, 6.07) is 9.66. The van der Waals surface area contributed by atoms with Crippen LogP contribution in [0.5, 0.6) is 5.75 Å². The number of hydrogen-bond acceptors (Lipinski definition) is 4. The lowest BCUT2D eigenvalue weighted by molar-refractivity contribution is 0.0942. The molecule has 7 heteroatoms. The van der Waals surface area contributed by atoms with Gasteiger partial charge in [0.25, 0.3) is 15.9 Å². The number of rotatable bonds is 6. The van der Waals surface area contributed by atoms with Crippen LogP contribution in [0.4, 0.5) is 5.69 Å². The Morgan fingerprint density at radius 2 is 1.77 bits per heavy atom. The molecule has 0 atom stereocenters. The molecule has 2 N–H and O–H groups in total. The maximum Gasteiger partial charge on any atom is 0.262 e. The Labute approximate surface area is 154 Å². The number of ether oxygens (including phenoxy) is 1. The van der Waals surface area contributed by atoms with Crippen molar-refractivity contribution >= 4 is 21.6 Å². The minimum absolute atomic E-state index is 0.0144. The minimum Gasteiger partial charge on any atom is -0.495 e. The van der Waals surface area contributed by atoms with Gasteiger partial charge in [-0.2, -0.15) is 0 Å². The van der Waals surface area contributed by atoms with E-state index in [1.165, 1.54) is 19.2 Å². The van der Waals surface area contributed by atoms with Gasteiger partial charge in [-0.25, -0.2) is 8.42 Å². The Bertz CT molecular complexity index is 921. The van der Waals surface area contributed by atoms with Crippen LogP contribution in [0.25, 0.3) is 0 Å². The van der Waals surface area contributed by atoms with Gasteiger partial charge in [0.2, 0.25) is 0 Å². The van der Waals surface area contributed by atoms with E-state index in [4.69, 9.17) is 4.74 Å². The summed E-state index contributed by atoms with van der Waals surface area (Å²) in [5.41, 5.74) is 2.28. The molecular weight excluding hydrogens is 352 g/mol. The number of nitrogens with one attached hydrogen (secondary N) is 2. The van der Waals surface area contributed by atoms with E-state index < -0.39 is 10.0 Å². The Balaban J connectivity index is 2.41. The van der Waals surface area contributed by atoms with Crippen LogP contribution in [0.3, 0.4) is 0 Å². The average Bonchev–Trinajstić information content (AvgIpc) is 2.54. The van der Waals surface area contributed by atoms with Crippen molar-refractivity contribution in [1.29, 1.82) is 0 Å². The van der Waals surface area contributed by atoms with Gasteiger partial charge in [-0.1, -0.05) is 12.1 Å². The van der Waals surface area contributed by atoms with Crippen LogP contribution in [0.2, 0.25) is 0 Å². The lowest BCUT2D eigenvalue weighted by Gasteiger charge is -2.15. The van der Waals surface area contributed by atoms with Crippen LogP contribution >= 0.6 is 0 Å². The second-order valence-corrected chi connectivity index (χ2v) is 8.10. The Kier molecular flexibility index (Phi) is 5.92. The molecule has 0 aliphatic carbocycles. The number of benzene rings is 2. The fourth-order valence-corrected chi connectivity index (χ4v) is 3.55. The monoisotopic (exact) mass is 376 g/mol. The highest BCUT2D eigenvalue weighted by Crippen LogP contribution is 2.28. The van der Waals surface area contributed by atoms with E-state index in [0.29, 0.717) is 22.6 Å². The van der Waals surface area contributed by atoms with Crippen LogP contribution < -0.4 is 14.8 Å². The fourth-order valence-electron chi connectivity index (χ4n) is 2.46. The highest BCUT2D eigenvalue weighted by molar-refractivity contribution is 7.92. The van der Waals surface area contributed by atoms with E-state index in [9.17, 15) is 13.2 Å². The minimum atomic E-state index is -3.87. The molecule has 0 heterocycles. The van der Waals surface area contributed by atoms with E-state index in [1.807, 2.05) is 26.8 Å². The van der Waals surface area contributed by atoms with Crippen LogP contribution in [0.15, 0.2) is 41.3 Å². The van der Waals surface area contributed by atoms with Gasteiger partial charge in [0.15, 0.2) is 0 Å². The summed E-state index contributed by atoms with van der Waals surface area (Å²) in [5.74, 6) is 0.117. The number of carbonyl (C=O) groups excluding carboxylic acids is 1. The van der Waals surface area contributed by atoms with E-state index in [2.05, 4.69) is 10.0 Å². The number of anilines is 1. The summed E-state index contributed by atoms with van der Waals surface area (Å²) in [7, 11) is -2.40. The molecule has 140 valence electrons. The first-order valence-electron chi connectivity index (χ1n) is 8.23. The lowest BCUT2D eigenvalue weighted by atomic mass is 10.1. The Morgan fingerprint density at radius 1 is 1.08 bits per heavy atom. The molecule has 0 radical (unpaired) electrons. The summed E-state index contributed by atoms with van der Waals surface area (Å²) in [4.78, 5) is 12.3. The Hall–Kier alpha value is -2.54. The molecule has 0 bridgehead atoms. The van der Waals surface area contributed by atoms with Crippen LogP contribution in [-0.2, 0) is 10.0 Å². The molecule has 2 aromatic rings. The Morgan fingerprint density at radius 3 is 2.38 bits per heavy atom. The maximum absolute atomic E-state index is 12.8. The van der Waals surface area contributed by atoms with Crippen LogP contribution in [0, 0.1) is 13.8 Å². The topological polar surface area (TPSA) is 84.5 Å². The zero-order valence-electron chi connectivity index (χ0n) is 15.6. The second kappa shape index (κ2) is 7.78. The zero-order valence-corrected chi connectivity index (χ0v) is 16.4. The smallest absolute Gasteiger partial charge is 0.262 e. The highest BCUT2D eigenvalue weighted by atomic mass is 32.2. The van der Waals surface area contributed by atoms with Gasteiger partial charge < -0.3 is 10.1 Å². The third-order valence-corrected chi connectivity index (χ3v) is 5.15. The summed E-state index contributed by atoms with van der Waals surface area (Å²) in [6.45, 7) is 7.32. The van der Waals surface area contributed by atoms with Crippen molar-refractivity contribution in [2.45, 2.75) is 38.6 Å². The van der Waals surface area contributed by atoms with Crippen molar-refractivity contribution in [1.82, 2.24) is 5.32 Å². The standard InChI is InChI=1S/C19H24N2O4S/c1-12(2)20-19(22)16-11-15(8-7-14(16)4)26(23,24)21-17-10-13(3)6-9-18(17)25-5/h6-12,21H,1-5H3,(H,20,22). The maximum atomic E-state index is 12.8. The lowest BCUT2D eigenvalue weighted by Crippen LogP contribution is -2.30. The second-order valence-electron chi connectivity index (χ2n) is 6.41. The molecule has 0 saturated carbocycles. The first-order chi connectivity index (χ1) is 12.1. The molecular formula is C19H24N2O4S. The normalized spacial score (nSPS) is 11.3. The van der Waals surface area contributed by atoms with Crippen molar-refractivity contribution in [2.75, 3.05) is 11.8 Å². The zero-order chi connectivity index (χ0) is 19.5. The van der Waals surface area contributed by atoms with Crippen molar-refractivity contribution in [2.24, 2.45) is 0 Å². The molecule has 2 rings (SSSR count). The van der Waals surface area contributed by atoms with E-state index in [0.717, 1.165) is 5.56 Å². The molecule has 0 aliphatic rings. The predicted octanol–water partition coefficient (Wildman–Crippen LogP) is 3.25. The van der Waals surface area contributed by atoms with Crippen molar-refractivity contribution < 1.29 is 17.9 Å². The summed E-state index contributed by atoms with van der Waals surface area (Å²) in [5, 5.41) is 2.78. The first kappa shape index (κ1) is 19.8. The third-order valence-electron chi connectivity index (χ3n) is 3.78. The molecule has 2 aromatic carbocycles. The molecule has 0 unspecified atom stereocenters. The number of carbonyl (C=O) groups is 1. The first-order valence-corrected chi connectivity index (χ1v) is 9.71. The van der Waals surface area contributed by atoms with Gasteiger partial charge in [0.05, 0.1) is 17.7 Å². The van der Waals surface area contributed by atoms with Gasteiger partial charge in [-0.05, 0) is 63.1 Å². The predicted molar refractivity (Wildman–Crippen MR) is 102 cm³/mol. The van der Waals surface area contributed by atoms with E-state index in [-0.39, 0.29) is 16.8 Å². The SMILES string of the molecule is COc1ccc(C)cc1NS(=O)(=O)c1ccc(C)c(C(=O)NC(C)C)c1. The largest absolute Gasteiger partial charge is 0.495 e. The average molecular weight is 376 g/mol. The highest BCUT2D eigenvalue weighted by Gasteiger charge is 2.20. The quantitative estimate of drug-likeness (QED) is 0.810. The summed E-state index contributed by atoms with van der Waals surface area (Å²) < 4.78 is 33.3. The fraction of sp³-hybridized carbons (Fsp3) is 0.316. The van der Waals surface area contributed by atoms with Gasteiger partial charge in [-0.3, -0.25) is 9.52 Å². The van der Waals surface area contributed by atoms with Crippen molar-refractivity contribution in [3.63, 3.8) is 0 Å². The molecule has 0 aromatic heterocycles. The summed E-state index contributed by atoms with van der Waals surface area (Å²) >= 11 is 0. The molecule has 0 aliphatic heterocycles. The number of amides is 1. The van der Waals surface area contributed by atoms with E-state index in [1.54, 1.807) is 25.1 Å². The molecule has 26 heavy (non-hydrogen) atoms. The number of hydrogen-bond donors (Lipinski definition) is 2.